The molecule has 2 heterocycles. The van der Waals surface area contributed by atoms with Gasteiger partial charge in [0.15, 0.2) is 0 Å². The van der Waals surface area contributed by atoms with Crippen molar-refractivity contribution in [1.29, 1.82) is 0 Å². The summed E-state index contributed by atoms with van der Waals surface area (Å²) >= 11 is 0. The molecule has 4 nitrogen and oxygen atoms in total. The van der Waals surface area contributed by atoms with E-state index in [9.17, 15) is 8.60 Å². The number of rotatable bonds is 5. The third-order valence-electron chi connectivity index (χ3n) is 4.43. The minimum absolute atomic E-state index is 0.255. The molecule has 2 aromatic heterocycles. The summed E-state index contributed by atoms with van der Waals surface area (Å²) in [5, 5.41) is 0. The molecule has 0 bridgehead atoms. The molecule has 1 aliphatic rings. The summed E-state index contributed by atoms with van der Waals surface area (Å²) in [5.74, 6) is 0.167. The Balaban J connectivity index is 1.65. The molecule has 0 N–H and O–H groups in total. The van der Waals surface area contributed by atoms with Gasteiger partial charge in [0.2, 0.25) is 0 Å². The zero-order valence-electron chi connectivity index (χ0n) is 13.4. The van der Waals surface area contributed by atoms with Gasteiger partial charge in [0.05, 0.1) is 11.0 Å². The minimum atomic E-state index is -1.05. The van der Waals surface area contributed by atoms with E-state index in [2.05, 4.69) is 4.98 Å². The molecule has 3 aromatic rings. The summed E-state index contributed by atoms with van der Waals surface area (Å²) in [6.45, 7) is 0. The lowest BCUT2D eigenvalue weighted by atomic mass is 10.1. The van der Waals surface area contributed by atoms with E-state index in [-0.39, 0.29) is 5.82 Å². The highest BCUT2D eigenvalue weighted by Crippen LogP contribution is 2.28. The largest absolute Gasteiger partial charge is 0.332 e. The Kier molecular flexibility index (Phi) is 3.94. The molecule has 4 rings (SSSR count). The fourth-order valence-electron chi connectivity index (χ4n) is 2.79. The van der Waals surface area contributed by atoms with E-state index >= 15 is 0 Å². The van der Waals surface area contributed by atoms with E-state index in [1.165, 1.54) is 12.1 Å². The molecular formula is C18H18FN3OS. The van der Waals surface area contributed by atoms with Crippen LogP contribution in [0.4, 0.5) is 4.39 Å². The molecule has 1 fully saturated rings. The van der Waals surface area contributed by atoms with Crippen LogP contribution in [0.15, 0.2) is 48.8 Å². The van der Waals surface area contributed by atoms with Crippen molar-refractivity contribution in [2.75, 3.05) is 7.05 Å². The lowest BCUT2D eigenvalue weighted by Gasteiger charge is -2.15. The predicted octanol–water partition coefficient (Wildman–Crippen LogP) is 3.56. The van der Waals surface area contributed by atoms with Crippen LogP contribution in [-0.4, -0.2) is 31.2 Å². The summed E-state index contributed by atoms with van der Waals surface area (Å²) < 4.78 is 29.5. The van der Waals surface area contributed by atoms with Gasteiger partial charge in [-0.3, -0.25) is 4.98 Å². The van der Waals surface area contributed by atoms with Crippen LogP contribution in [-0.2, 0) is 16.9 Å². The Hall–Kier alpha value is -2.05. The van der Waals surface area contributed by atoms with E-state index in [0.29, 0.717) is 11.9 Å². The lowest BCUT2D eigenvalue weighted by Crippen LogP contribution is -2.26. The molecule has 0 amide bonds. The van der Waals surface area contributed by atoms with Crippen LogP contribution >= 0.6 is 0 Å². The van der Waals surface area contributed by atoms with Gasteiger partial charge in [0, 0.05) is 31.0 Å². The van der Waals surface area contributed by atoms with E-state index in [1.807, 2.05) is 34.2 Å². The number of pyridine rings is 1. The smallest absolute Gasteiger partial charge is 0.123 e. The van der Waals surface area contributed by atoms with Gasteiger partial charge in [0.25, 0.3) is 0 Å². The maximum absolute atomic E-state index is 13.1. The molecule has 1 aromatic carbocycles. The second-order valence-corrected chi connectivity index (χ2v) is 7.63. The number of nitrogens with zero attached hydrogens (tertiary/aromatic N) is 3. The number of fused-ring (bicyclic) bond motifs is 1. The molecule has 1 saturated carbocycles. The third-order valence-corrected chi connectivity index (χ3v) is 5.87. The van der Waals surface area contributed by atoms with Crippen molar-refractivity contribution in [2.45, 2.75) is 24.8 Å². The van der Waals surface area contributed by atoms with Crippen molar-refractivity contribution in [2.24, 2.45) is 0 Å². The van der Waals surface area contributed by atoms with Crippen molar-refractivity contribution in [3.8, 4) is 11.1 Å². The van der Waals surface area contributed by atoms with E-state index in [4.69, 9.17) is 0 Å². The highest BCUT2D eigenvalue weighted by molar-refractivity contribution is 7.81. The normalized spacial score (nSPS) is 16.0. The van der Waals surface area contributed by atoms with Crippen LogP contribution in [0.3, 0.4) is 0 Å². The number of benzene rings is 1. The van der Waals surface area contributed by atoms with Crippen LogP contribution in [0.25, 0.3) is 22.2 Å². The van der Waals surface area contributed by atoms with E-state index in [0.717, 1.165) is 35.0 Å². The summed E-state index contributed by atoms with van der Waals surface area (Å²) in [6.07, 6.45) is 5.97. The molecule has 24 heavy (non-hydrogen) atoms. The number of aromatic nitrogens is 2. The summed E-state index contributed by atoms with van der Waals surface area (Å²) in [7, 11) is 0.865. The molecule has 124 valence electrons. The monoisotopic (exact) mass is 343 g/mol. The predicted molar refractivity (Wildman–Crippen MR) is 94.1 cm³/mol. The van der Waals surface area contributed by atoms with Crippen molar-refractivity contribution in [3.05, 3.63) is 54.6 Å². The fourth-order valence-corrected chi connectivity index (χ4v) is 3.98. The molecule has 0 radical (unpaired) electrons. The van der Waals surface area contributed by atoms with Gasteiger partial charge in [-0.15, -0.1) is 0 Å². The molecule has 0 spiro atoms. The van der Waals surface area contributed by atoms with Gasteiger partial charge in [-0.2, -0.15) is 0 Å². The molecule has 6 heteroatoms. The molecule has 1 aliphatic carbocycles. The second kappa shape index (κ2) is 6.11. The Morgan fingerprint density at radius 1 is 1.25 bits per heavy atom. The zero-order valence-corrected chi connectivity index (χ0v) is 14.2. The van der Waals surface area contributed by atoms with Crippen LogP contribution in [0, 0.1) is 5.82 Å². The SMILES string of the molecule is CN(C1CC1)S(=O)Cn1ccc2ncc(-c3ccc(F)cc3)cc21. The maximum Gasteiger partial charge on any atom is 0.123 e. The lowest BCUT2D eigenvalue weighted by molar-refractivity contribution is 0.510. The number of hydrogen-bond donors (Lipinski definition) is 0. The average molecular weight is 343 g/mol. The van der Waals surface area contributed by atoms with Crippen molar-refractivity contribution in [3.63, 3.8) is 0 Å². The fraction of sp³-hybridized carbons (Fsp3) is 0.278. The van der Waals surface area contributed by atoms with E-state index in [1.54, 1.807) is 18.3 Å². The number of halogens is 1. The van der Waals surface area contributed by atoms with Crippen LogP contribution < -0.4 is 0 Å². The number of hydrogen-bond acceptors (Lipinski definition) is 2. The highest BCUT2D eigenvalue weighted by Gasteiger charge is 2.29. The quantitative estimate of drug-likeness (QED) is 0.710. The summed E-state index contributed by atoms with van der Waals surface area (Å²) in [6, 6.07) is 10.8. The highest BCUT2D eigenvalue weighted by atomic mass is 32.2. The molecule has 1 unspecified atom stereocenters. The first-order valence-corrected chi connectivity index (χ1v) is 9.21. The third kappa shape index (κ3) is 2.99. The zero-order chi connectivity index (χ0) is 16.7. The van der Waals surface area contributed by atoms with Gasteiger partial charge in [0.1, 0.15) is 22.7 Å². The minimum Gasteiger partial charge on any atom is -0.332 e. The second-order valence-electron chi connectivity index (χ2n) is 6.15. The molecule has 1 atom stereocenters. The van der Waals surface area contributed by atoms with Gasteiger partial charge >= 0.3 is 0 Å². The van der Waals surface area contributed by atoms with Gasteiger partial charge in [-0.05, 0) is 42.7 Å². The van der Waals surface area contributed by atoms with Crippen LogP contribution in [0.2, 0.25) is 0 Å². The average Bonchev–Trinajstić information content (AvgIpc) is 3.37. The van der Waals surface area contributed by atoms with Crippen LogP contribution in [0.1, 0.15) is 12.8 Å². The Morgan fingerprint density at radius 2 is 2.00 bits per heavy atom. The van der Waals surface area contributed by atoms with Gasteiger partial charge in [-0.1, -0.05) is 12.1 Å². The first-order chi connectivity index (χ1) is 11.6. The summed E-state index contributed by atoms with van der Waals surface area (Å²) in [4.78, 5) is 4.47. The molecule has 0 saturated heterocycles. The van der Waals surface area contributed by atoms with Gasteiger partial charge < -0.3 is 4.57 Å². The Morgan fingerprint density at radius 3 is 2.71 bits per heavy atom. The first-order valence-electron chi connectivity index (χ1n) is 7.94. The maximum atomic E-state index is 13.1. The van der Waals surface area contributed by atoms with E-state index < -0.39 is 11.0 Å². The topological polar surface area (TPSA) is 38.1 Å². The van der Waals surface area contributed by atoms with Crippen molar-refractivity contribution >= 4 is 22.0 Å². The van der Waals surface area contributed by atoms with Crippen molar-refractivity contribution in [1.82, 2.24) is 13.9 Å². The standard InChI is InChI=1S/C18H18FN3OS/c1-21(16-6-7-16)24(23)12-22-9-8-17-18(22)10-14(11-20-17)13-2-4-15(19)5-3-13/h2-5,8-11,16H,6-7,12H2,1H3. The Bertz CT molecular complexity index is 902. The first kappa shape index (κ1) is 15.5. The molecule has 0 aliphatic heterocycles. The van der Waals surface area contributed by atoms with Crippen LogP contribution in [0.5, 0.6) is 0 Å². The molecular weight excluding hydrogens is 325 g/mol. The Labute approximate surface area is 142 Å². The van der Waals surface area contributed by atoms with Crippen molar-refractivity contribution < 1.29 is 8.60 Å². The summed E-state index contributed by atoms with van der Waals surface area (Å²) in [5.41, 5.74) is 3.64. The van der Waals surface area contributed by atoms with Gasteiger partial charge in [-0.25, -0.2) is 12.9 Å².